The second-order valence-electron chi connectivity index (χ2n) is 11.7. The fraction of sp³-hybridized carbons (Fsp3) is 0.353. The van der Waals surface area contributed by atoms with Crippen molar-refractivity contribution >= 4 is 48.1 Å². The molecule has 4 rings (SSSR count). The van der Waals surface area contributed by atoms with E-state index in [0.29, 0.717) is 32.7 Å². The van der Waals surface area contributed by atoms with Crippen molar-refractivity contribution in [2.24, 2.45) is 10.8 Å². The third-order valence-electron chi connectivity index (χ3n) is 5.30. The van der Waals surface area contributed by atoms with Gasteiger partial charge in [-0.15, -0.1) is 57.9 Å². The Morgan fingerprint density at radius 2 is 0.932 bits per heavy atom. The van der Waals surface area contributed by atoms with Gasteiger partial charge in [0.1, 0.15) is 0 Å². The van der Waals surface area contributed by atoms with Gasteiger partial charge in [-0.2, -0.15) is 38.5 Å². The van der Waals surface area contributed by atoms with Crippen LogP contribution < -0.4 is 0 Å². The first-order valence-electron chi connectivity index (χ1n) is 13.3. The van der Waals surface area contributed by atoms with Gasteiger partial charge in [-0.1, -0.05) is 48.9 Å². The Bertz CT molecular complexity index is 1490. The molecule has 4 aromatic carbocycles. The molecule has 0 fully saturated rings. The molecule has 0 unspecified atom stereocenters. The molecule has 10 heteroatoms. The molecule has 2 radical (unpaired) electrons. The van der Waals surface area contributed by atoms with Gasteiger partial charge in [0.05, 0.1) is 0 Å². The summed E-state index contributed by atoms with van der Waals surface area (Å²) in [5, 5.41) is 2.28. The van der Waals surface area contributed by atoms with E-state index in [1.54, 1.807) is 36.4 Å². The first kappa shape index (κ1) is 40.1. The molecular weight excluding hydrogens is 713 g/mol. The summed E-state index contributed by atoms with van der Waals surface area (Å²) < 4.78 is 76.2. The molecule has 0 aliphatic rings. The van der Waals surface area contributed by atoms with Gasteiger partial charge in [0.25, 0.3) is 0 Å². The molecule has 234 valence electrons. The number of benzene rings is 2. The van der Waals surface area contributed by atoms with Crippen molar-refractivity contribution in [1.29, 1.82) is 0 Å². The van der Waals surface area contributed by atoms with Crippen LogP contribution in [0.5, 0.6) is 0 Å². The zero-order chi connectivity index (χ0) is 33.9. The SMILES string of the molecule is CC(C)(C)C#Cc1cccc2[cH-]c(C(F)(F)F)cc12.CC(C)(C)C#Cc1cccc2[cH-]c(C(F)(F)F)cc12.C[Si]C.[Cl][Zr+2][Cl]. The number of halogens is 8. The van der Waals surface area contributed by atoms with Crippen LogP contribution in [-0.2, 0) is 33.2 Å². The molecule has 0 amide bonds. The Morgan fingerprint density at radius 1 is 0.636 bits per heavy atom. The molecule has 44 heavy (non-hydrogen) atoms. The van der Waals surface area contributed by atoms with Gasteiger partial charge in [-0.3, -0.25) is 0 Å². The average Bonchev–Trinajstić information content (AvgIpc) is 3.52. The maximum absolute atomic E-state index is 12.7. The molecule has 0 aliphatic heterocycles. The molecule has 0 saturated heterocycles. The van der Waals surface area contributed by atoms with Crippen LogP contribution >= 0.6 is 17.0 Å². The Balaban J connectivity index is 0.000000373. The van der Waals surface area contributed by atoms with Crippen LogP contribution in [0.4, 0.5) is 26.3 Å². The molecule has 0 nitrogen and oxygen atoms in total. The molecular formula is C34H34Cl2F6SiZr. The topological polar surface area (TPSA) is 0 Å². The number of rotatable bonds is 0. The Kier molecular flexibility index (Phi) is 15.6. The van der Waals surface area contributed by atoms with Crippen LogP contribution in [0.3, 0.4) is 0 Å². The number of fused-ring (bicyclic) bond motifs is 2. The fourth-order valence-electron chi connectivity index (χ4n) is 3.52. The van der Waals surface area contributed by atoms with Gasteiger partial charge < -0.3 is 0 Å². The van der Waals surface area contributed by atoms with Gasteiger partial charge in [-0.05, 0) is 63.8 Å². The molecule has 0 saturated carbocycles. The van der Waals surface area contributed by atoms with E-state index in [4.69, 9.17) is 17.0 Å². The van der Waals surface area contributed by atoms with Gasteiger partial charge in [0.2, 0.25) is 0 Å². The van der Waals surface area contributed by atoms with Crippen LogP contribution in [0.25, 0.3) is 21.5 Å². The summed E-state index contributed by atoms with van der Waals surface area (Å²) >= 11 is -0.826. The van der Waals surface area contributed by atoms with E-state index in [-0.39, 0.29) is 10.8 Å². The normalized spacial score (nSPS) is 11.3. The Morgan fingerprint density at radius 3 is 1.18 bits per heavy atom. The van der Waals surface area contributed by atoms with E-state index in [1.165, 1.54) is 12.1 Å². The summed E-state index contributed by atoms with van der Waals surface area (Å²) in [4.78, 5) is 0. The van der Waals surface area contributed by atoms with E-state index in [2.05, 4.69) is 36.8 Å². The van der Waals surface area contributed by atoms with Crippen molar-refractivity contribution < 1.29 is 47.2 Å². The quantitative estimate of drug-likeness (QED) is 0.0728. The number of hydrogen-bond acceptors (Lipinski definition) is 0. The molecule has 0 aromatic heterocycles. The van der Waals surface area contributed by atoms with Gasteiger partial charge >= 0.3 is 50.2 Å². The number of hydrogen-bond donors (Lipinski definition) is 0. The minimum absolute atomic E-state index is 0.179. The second-order valence-corrected chi connectivity index (χ2v) is 16.4. The van der Waals surface area contributed by atoms with Crippen LogP contribution in [-0.4, -0.2) is 9.52 Å². The predicted octanol–water partition coefficient (Wildman–Crippen LogP) is 12.1. The van der Waals surface area contributed by atoms with Crippen LogP contribution in [0, 0.1) is 34.5 Å². The van der Waals surface area contributed by atoms with E-state index in [9.17, 15) is 26.3 Å². The van der Waals surface area contributed by atoms with Gasteiger partial charge in [-0.25, -0.2) is 0 Å². The van der Waals surface area contributed by atoms with Crippen LogP contribution in [0.15, 0.2) is 60.7 Å². The summed E-state index contributed by atoms with van der Waals surface area (Å²) in [6.45, 7) is 16.1. The van der Waals surface area contributed by atoms with Crippen molar-refractivity contribution in [3.05, 3.63) is 82.9 Å². The molecule has 0 heterocycles. The molecule has 0 aliphatic carbocycles. The monoisotopic (exact) mass is 744 g/mol. The first-order valence-corrected chi connectivity index (χ1v) is 21.6. The zero-order valence-corrected chi connectivity index (χ0v) is 30.8. The summed E-state index contributed by atoms with van der Waals surface area (Å²) in [5.41, 5.74) is -0.311. The van der Waals surface area contributed by atoms with Crippen molar-refractivity contribution in [1.82, 2.24) is 0 Å². The van der Waals surface area contributed by atoms with Crippen LogP contribution in [0.2, 0.25) is 13.1 Å². The third-order valence-corrected chi connectivity index (χ3v) is 5.30. The standard InChI is InChI=1S/2C16H14F3.C2H6Si.2ClH.Zr/c2*1-15(2,3)8-7-11-5-4-6-12-9-13(10-14(11)12)16(17,18)19;1-3-2;;;/h2*4-6,9-10H,1-3H3;1-2H3;2*1H;/q2*-1;;;;+4/p-2. The zero-order valence-electron chi connectivity index (χ0n) is 25.8. The van der Waals surface area contributed by atoms with Crippen LogP contribution in [0.1, 0.15) is 63.8 Å². The van der Waals surface area contributed by atoms with Crippen molar-refractivity contribution in [3.63, 3.8) is 0 Å². The molecule has 4 aromatic rings. The molecule has 0 N–H and O–H groups in total. The van der Waals surface area contributed by atoms with Gasteiger partial charge in [0, 0.05) is 20.3 Å². The Labute approximate surface area is 278 Å². The van der Waals surface area contributed by atoms with Gasteiger partial charge in [0.15, 0.2) is 0 Å². The first-order chi connectivity index (χ1) is 20.2. The molecule has 0 atom stereocenters. The third kappa shape index (κ3) is 14.0. The average molecular weight is 747 g/mol. The van der Waals surface area contributed by atoms with E-state index < -0.39 is 44.3 Å². The Hall–Kier alpha value is -1.96. The van der Waals surface area contributed by atoms with E-state index in [1.807, 2.05) is 41.5 Å². The second kappa shape index (κ2) is 17.1. The predicted molar refractivity (Wildman–Crippen MR) is 171 cm³/mol. The molecule has 0 spiro atoms. The van der Waals surface area contributed by atoms with E-state index >= 15 is 0 Å². The summed E-state index contributed by atoms with van der Waals surface area (Å²) in [6, 6.07) is 15.0. The number of alkyl halides is 6. The summed E-state index contributed by atoms with van der Waals surface area (Å²) in [7, 11) is 11.0. The van der Waals surface area contributed by atoms with Crippen molar-refractivity contribution in [2.75, 3.05) is 0 Å². The summed E-state index contributed by atoms with van der Waals surface area (Å²) in [6.07, 6.45) is -8.62. The fourth-order valence-corrected chi connectivity index (χ4v) is 3.52. The maximum atomic E-state index is 12.7. The van der Waals surface area contributed by atoms with Crippen molar-refractivity contribution in [2.45, 2.75) is 67.0 Å². The summed E-state index contributed by atoms with van der Waals surface area (Å²) in [5.74, 6) is 12.0. The van der Waals surface area contributed by atoms with E-state index in [0.717, 1.165) is 21.7 Å². The minimum atomic E-state index is -4.31. The molecule has 0 bridgehead atoms. The van der Waals surface area contributed by atoms with Crippen molar-refractivity contribution in [3.8, 4) is 23.7 Å².